The Kier molecular flexibility index (Phi) is 10.4. The van der Waals surface area contributed by atoms with Crippen molar-refractivity contribution < 1.29 is 23.5 Å². The molecular weight excluding hydrogens is 583 g/mol. The number of methoxy groups -OCH3 is 1. The number of rotatable bonds is 12. The van der Waals surface area contributed by atoms with Crippen LogP contribution in [0, 0.1) is 5.82 Å². The monoisotopic (exact) mass is 620 g/mol. The minimum absolute atomic E-state index is 0.134. The number of piperazine rings is 1. The van der Waals surface area contributed by atoms with Gasteiger partial charge in [0.15, 0.2) is 5.11 Å². The van der Waals surface area contributed by atoms with Crippen LogP contribution in [0.15, 0.2) is 66.9 Å². The molecule has 44 heavy (non-hydrogen) atoms. The first kappa shape index (κ1) is 31.3. The predicted octanol–water partition coefficient (Wildman–Crippen LogP) is 3.43. The third-order valence-corrected chi connectivity index (χ3v) is 8.28. The minimum Gasteiger partial charge on any atom is -0.495 e. The normalized spacial score (nSPS) is 17.7. The molecule has 0 bridgehead atoms. The van der Waals surface area contributed by atoms with Gasteiger partial charge in [-0.25, -0.2) is 9.37 Å². The molecule has 1 aromatic heterocycles. The maximum Gasteiger partial charge on any atom is 0.256 e. The number of anilines is 2. The third kappa shape index (κ3) is 7.87. The van der Waals surface area contributed by atoms with Crippen LogP contribution in [0.1, 0.15) is 12.0 Å². The molecule has 10 nitrogen and oxygen atoms in total. The number of carbonyl (C=O) groups excluding carboxylic acids is 2. The summed E-state index contributed by atoms with van der Waals surface area (Å²) >= 11 is 5.74. The largest absolute Gasteiger partial charge is 0.495 e. The van der Waals surface area contributed by atoms with Gasteiger partial charge in [0.2, 0.25) is 5.91 Å². The third-order valence-electron chi connectivity index (χ3n) is 7.86. The van der Waals surface area contributed by atoms with Gasteiger partial charge < -0.3 is 24.6 Å². The molecule has 0 spiro atoms. The van der Waals surface area contributed by atoms with E-state index >= 15 is 0 Å². The summed E-state index contributed by atoms with van der Waals surface area (Å²) in [5, 5.41) is 3.01. The van der Waals surface area contributed by atoms with Crippen LogP contribution in [0.4, 0.5) is 15.9 Å². The number of pyridine rings is 1. The van der Waals surface area contributed by atoms with Crippen molar-refractivity contribution in [2.75, 3.05) is 70.2 Å². The maximum absolute atomic E-state index is 13.6. The SMILES string of the molecule is COc1ccc(NC(=O)CC2C(=O)N(c3ccc(F)cc3)C(=S)N2CCc2ccc(OCCN3CCN(C)CC3)cc2)nc1. The highest BCUT2D eigenvalue weighted by Crippen LogP contribution is 2.28. The maximum atomic E-state index is 13.6. The number of thiocarbonyl (C=S) groups is 1. The molecule has 2 aromatic carbocycles. The molecule has 2 aliphatic heterocycles. The van der Waals surface area contributed by atoms with E-state index in [2.05, 4.69) is 27.1 Å². The highest BCUT2D eigenvalue weighted by atomic mass is 32.1. The zero-order chi connectivity index (χ0) is 31.1. The van der Waals surface area contributed by atoms with E-state index < -0.39 is 11.9 Å². The van der Waals surface area contributed by atoms with Crippen molar-refractivity contribution in [3.63, 3.8) is 0 Å². The summed E-state index contributed by atoms with van der Waals surface area (Å²) in [7, 11) is 3.68. The fourth-order valence-corrected chi connectivity index (χ4v) is 5.64. The van der Waals surface area contributed by atoms with Crippen molar-refractivity contribution >= 4 is 40.6 Å². The molecule has 2 fully saturated rings. The van der Waals surface area contributed by atoms with Crippen LogP contribution in [0.5, 0.6) is 11.5 Å². The average Bonchev–Trinajstić information content (AvgIpc) is 3.26. The van der Waals surface area contributed by atoms with Crippen LogP contribution in [0.25, 0.3) is 0 Å². The van der Waals surface area contributed by atoms with Gasteiger partial charge in [0.05, 0.1) is 25.4 Å². The zero-order valence-electron chi connectivity index (χ0n) is 24.9. The molecule has 2 amide bonds. The predicted molar refractivity (Wildman–Crippen MR) is 171 cm³/mol. The number of halogens is 1. The Morgan fingerprint density at radius 1 is 1.00 bits per heavy atom. The lowest BCUT2D eigenvalue weighted by Gasteiger charge is -2.32. The van der Waals surface area contributed by atoms with E-state index in [0.29, 0.717) is 36.8 Å². The highest BCUT2D eigenvalue weighted by molar-refractivity contribution is 7.80. The van der Waals surface area contributed by atoms with Gasteiger partial charge in [0.25, 0.3) is 5.91 Å². The standard InChI is InChI=1S/C32H37FN6O4S/c1-36-15-17-37(18-16-36)19-20-43-26-9-3-23(4-10-26)13-14-38-28(21-30(40)35-29-12-11-27(42-2)22-34-29)31(41)39(32(38)44)25-7-5-24(33)6-8-25/h3-12,22,28H,13-21H2,1-2H3,(H,34,35,40). The number of nitrogens with zero attached hydrogens (tertiary/aromatic N) is 5. The summed E-state index contributed by atoms with van der Waals surface area (Å²) < 4.78 is 24.7. The molecule has 1 N–H and O–H groups in total. The average molecular weight is 621 g/mol. The Bertz CT molecular complexity index is 1430. The molecule has 0 aliphatic carbocycles. The number of likely N-dealkylation sites (N-methyl/N-ethyl adjacent to an activating group) is 1. The number of ether oxygens (including phenoxy) is 2. The van der Waals surface area contributed by atoms with Crippen molar-refractivity contribution in [3.8, 4) is 11.5 Å². The lowest BCUT2D eigenvalue weighted by molar-refractivity contribution is -0.124. The van der Waals surface area contributed by atoms with Crippen LogP contribution in [-0.2, 0) is 16.0 Å². The van der Waals surface area contributed by atoms with Crippen molar-refractivity contribution in [3.05, 3.63) is 78.2 Å². The Labute approximate surface area is 262 Å². The van der Waals surface area contributed by atoms with E-state index in [1.807, 2.05) is 24.3 Å². The van der Waals surface area contributed by atoms with Gasteiger partial charge in [-0.15, -0.1) is 0 Å². The number of carbonyl (C=O) groups is 2. The van der Waals surface area contributed by atoms with E-state index in [1.165, 1.54) is 42.5 Å². The minimum atomic E-state index is -0.831. The molecule has 3 aromatic rings. The topological polar surface area (TPSA) is 90.5 Å². The summed E-state index contributed by atoms with van der Waals surface area (Å²) in [6.07, 6.45) is 1.95. The summed E-state index contributed by atoms with van der Waals surface area (Å²) in [4.78, 5) is 38.7. The van der Waals surface area contributed by atoms with Crippen LogP contribution >= 0.6 is 12.2 Å². The molecule has 1 unspecified atom stereocenters. The van der Waals surface area contributed by atoms with E-state index in [9.17, 15) is 14.0 Å². The molecule has 0 radical (unpaired) electrons. The summed E-state index contributed by atoms with van der Waals surface area (Å²) in [6.45, 7) is 6.19. The van der Waals surface area contributed by atoms with Crippen LogP contribution in [0.2, 0.25) is 0 Å². The van der Waals surface area contributed by atoms with Gasteiger partial charge in [0, 0.05) is 39.3 Å². The quantitative estimate of drug-likeness (QED) is 0.306. The first-order valence-corrected chi connectivity index (χ1v) is 15.0. The molecule has 5 rings (SSSR count). The van der Waals surface area contributed by atoms with Gasteiger partial charge in [0.1, 0.15) is 35.8 Å². The Balaban J connectivity index is 1.22. The van der Waals surface area contributed by atoms with E-state index in [1.54, 1.807) is 17.0 Å². The molecule has 2 saturated heterocycles. The van der Waals surface area contributed by atoms with E-state index in [0.717, 1.165) is 44.0 Å². The van der Waals surface area contributed by atoms with Gasteiger partial charge in [-0.3, -0.25) is 19.4 Å². The van der Waals surface area contributed by atoms with Crippen molar-refractivity contribution in [1.29, 1.82) is 0 Å². The second kappa shape index (κ2) is 14.6. The first-order chi connectivity index (χ1) is 21.3. The van der Waals surface area contributed by atoms with Gasteiger partial charge in [-0.1, -0.05) is 12.1 Å². The first-order valence-electron chi connectivity index (χ1n) is 14.6. The molecule has 2 aliphatic rings. The lowest BCUT2D eigenvalue weighted by Crippen LogP contribution is -2.45. The molecule has 0 saturated carbocycles. The number of benzene rings is 2. The van der Waals surface area contributed by atoms with Gasteiger partial charge >= 0.3 is 0 Å². The Morgan fingerprint density at radius 3 is 2.36 bits per heavy atom. The second-order valence-corrected chi connectivity index (χ2v) is 11.2. The highest BCUT2D eigenvalue weighted by Gasteiger charge is 2.44. The van der Waals surface area contributed by atoms with Crippen molar-refractivity contribution in [1.82, 2.24) is 19.7 Å². The van der Waals surface area contributed by atoms with Crippen LogP contribution < -0.4 is 19.7 Å². The zero-order valence-corrected chi connectivity index (χ0v) is 25.8. The second-order valence-electron chi connectivity index (χ2n) is 10.9. The fraction of sp³-hybridized carbons (Fsp3) is 0.375. The number of hydrogen-bond acceptors (Lipinski definition) is 8. The Hall–Kier alpha value is -4.13. The van der Waals surface area contributed by atoms with Gasteiger partial charge in [-0.05, 0) is 79.8 Å². The van der Waals surface area contributed by atoms with Gasteiger partial charge in [-0.2, -0.15) is 0 Å². The molecular formula is C32H37FN6O4S. The Morgan fingerprint density at radius 2 is 1.70 bits per heavy atom. The molecule has 3 heterocycles. The summed E-state index contributed by atoms with van der Waals surface area (Å²) in [5.74, 6) is 0.565. The molecule has 232 valence electrons. The molecule has 1 atom stereocenters. The smallest absolute Gasteiger partial charge is 0.256 e. The van der Waals surface area contributed by atoms with Crippen LogP contribution in [-0.4, -0.2) is 103 Å². The lowest BCUT2D eigenvalue weighted by atomic mass is 10.1. The fourth-order valence-electron chi connectivity index (χ4n) is 5.23. The summed E-state index contributed by atoms with van der Waals surface area (Å²) in [5.41, 5.74) is 1.49. The molecule has 12 heteroatoms. The number of nitrogens with one attached hydrogen (secondary N) is 1. The van der Waals surface area contributed by atoms with Crippen molar-refractivity contribution in [2.24, 2.45) is 0 Å². The van der Waals surface area contributed by atoms with E-state index in [-0.39, 0.29) is 23.3 Å². The van der Waals surface area contributed by atoms with Crippen molar-refractivity contribution in [2.45, 2.75) is 18.9 Å². The number of amides is 2. The van der Waals surface area contributed by atoms with Crippen LogP contribution in [0.3, 0.4) is 0 Å². The number of aromatic nitrogens is 1. The number of hydrogen-bond donors (Lipinski definition) is 1. The van der Waals surface area contributed by atoms with E-state index in [4.69, 9.17) is 21.7 Å². The summed E-state index contributed by atoms with van der Waals surface area (Å²) in [6, 6.07) is 15.9.